The minimum absolute atomic E-state index is 0.00216. The number of carbonyl (C=O) groups excluding carboxylic acids is 2. The molecule has 0 spiro atoms. The van der Waals surface area contributed by atoms with Gasteiger partial charge in [-0.15, -0.1) is 0 Å². The number of anilines is 1. The Hall–Kier alpha value is -1.71. The maximum atomic E-state index is 13.3. The summed E-state index contributed by atoms with van der Waals surface area (Å²) in [6, 6.07) is 8.65. The Bertz CT molecular complexity index is 1210. The predicted molar refractivity (Wildman–Crippen MR) is 148 cm³/mol. The summed E-state index contributed by atoms with van der Waals surface area (Å²) in [5, 5.41) is 4.08. The summed E-state index contributed by atoms with van der Waals surface area (Å²) in [6.45, 7) is 5.42. The molecule has 0 saturated carbocycles. The first-order valence-electron chi connectivity index (χ1n) is 11.2. The Morgan fingerprint density at radius 1 is 0.944 bits per heavy atom. The second-order valence-electron chi connectivity index (χ2n) is 8.64. The molecule has 0 bridgehead atoms. The van der Waals surface area contributed by atoms with Crippen molar-refractivity contribution >= 4 is 73.9 Å². The highest BCUT2D eigenvalue weighted by Gasteiger charge is 2.27. The molecular formula is C24H29Cl4N3O4S. The second-order valence-corrected chi connectivity index (χ2v) is 12.2. The molecule has 1 atom stereocenters. The number of nitrogens with one attached hydrogen (secondary N) is 1. The van der Waals surface area contributed by atoms with Crippen molar-refractivity contribution in [3.63, 3.8) is 0 Å². The van der Waals surface area contributed by atoms with Gasteiger partial charge in [-0.2, -0.15) is 0 Å². The molecule has 0 heterocycles. The van der Waals surface area contributed by atoms with Gasteiger partial charge < -0.3 is 10.2 Å². The van der Waals surface area contributed by atoms with Gasteiger partial charge in [0, 0.05) is 30.6 Å². The zero-order valence-corrected chi connectivity index (χ0v) is 24.2. The van der Waals surface area contributed by atoms with E-state index in [0.717, 1.165) is 10.6 Å². The summed E-state index contributed by atoms with van der Waals surface area (Å²) in [6.07, 6.45) is 1.23. The van der Waals surface area contributed by atoms with Crippen LogP contribution < -0.4 is 9.62 Å². The Morgan fingerprint density at radius 3 is 2.17 bits per heavy atom. The Morgan fingerprint density at radius 2 is 1.58 bits per heavy atom. The van der Waals surface area contributed by atoms with E-state index in [1.807, 2.05) is 13.8 Å². The molecular weight excluding hydrogens is 568 g/mol. The highest BCUT2D eigenvalue weighted by atomic mass is 35.5. The van der Waals surface area contributed by atoms with E-state index in [2.05, 4.69) is 5.32 Å². The van der Waals surface area contributed by atoms with Gasteiger partial charge in [0.25, 0.3) is 0 Å². The number of benzene rings is 2. The van der Waals surface area contributed by atoms with Crippen molar-refractivity contribution in [3.8, 4) is 0 Å². The van der Waals surface area contributed by atoms with Crippen molar-refractivity contribution in [2.24, 2.45) is 0 Å². The van der Waals surface area contributed by atoms with Crippen LogP contribution in [0.15, 0.2) is 36.4 Å². The molecule has 2 aromatic rings. The minimum atomic E-state index is -3.70. The molecule has 0 aliphatic heterocycles. The monoisotopic (exact) mass is 595 g/mol. The van der Waals surface area contributed by atoms with E-state index in [9.17, 15) is 18.0 Å². The number of sulfonamides is 1. The topological polar surface area (TPSA) is 86.8 Å². The van der Waals surface area contributed by atoms with E-state index in [-0.39, 0.29) is 54.5 Å². The van der Waals surface area contributed by atoms with E-state index in [4.69, 9.17) is 46.4 Å². The molecule has 0 aliphatic carbocycles. The number of halogens is 4. The third kappa shape index (κ3) is 8.70. The molecule has 0 aromatic heterocycles. The van der Waals surface area contributed by atoms with E-state index >= 15 is 0 Å². The molecule has 2 rings (SSSR count). The van der Waals surface area contributed by atoms with Crippen LogP contribution in [0.4, 0.5) is 5.69 Å². The van der Waals surface area contributed by atoms with Gasteiger partial charge in [-0.3, -0.25) is 13.9 Å². The average Bonchev–Trinajstić information content (AvgIpc) is 2.77. The number of amides is 2. The number of carbonyl (C=O) groups is 2. The first-order valence-corrected chi connectivity index (χ1v) is 14.5. The number of nitrogens with zero attached hydrogens (tertiary/aromatic N) is 2. The zero-order chi connectivity index (χ0) is 27.2. The molecule has 0 aliphatic rings. The van der Waals surface area contributed by atoms with E-state index in [1.165, 1.54) is 17.0 Å². The molecule has 36 heavy (non-hydrogen) atoms. The number of hydrogen-bond donors (Lipinski definition) is 1. The largest absolute Gasteiger partial charge is 0.352 e. The van der Waals surface area contributed by atoms with E-state index in [0.29, 0.717) is 20.6 Å². The van der Waals surface area contributed by atoms with Gasteiger partial charge in [0.05, 0.1) is 27.0 Å². The van der Waals surface area contributed by atoms with Crippen LogP contribution >= 0.6 is 46.4 Å². The normalized spacial score (nSPS) is 12.4. The maximum absolute atomic E-state index is 13.3. The van der Waals surface area contributed by atoms with Crippen molar-refractivity contribution in [3.05, 3.63) is 62.1 Å². The second kappa shape index (κ2) is 13.2. The molecule has 0 saturated heterocycles. The van der Waals surface area contributed by atoms with Crippen LogP contribution in [0.3, 0.4) is 0 Å². The van der Waals surface area contributed by atoms with E-state index in [1.54, 1.807) is 31.2 Å². The van der Waals surface area contributed by atoms with Gasteiger partial charge in [0.2, 0.25) is 21.8 Å². The molecule has 1 N–H and O–H groups in total. The molecule has 2 amide bonds. The summed E-state index contributed by atoms with van der Waals surface area (Å²) in [5.74, 6) is -0.625. The third-order valence-corrected chi connectivity index (χ3v) is 7.74. The summed E-state index contributed by atoms with van der Waals surface area (Å²) in [4.78, 5) is 27.4. The van der Waals surface area contributed by atoms with Crippen molar-refractivity contribution < 1.29 is 18.0 Å². The Balaban J connectivity index is 2.23. The van der Waals surface area contributed by atoms with E-state index < -0.39 is 16.1 Å². The summed E-state index contributed by atoms with van der Waals surface area (Å²) >= 11 is 24.4. The van der Waals surface area contributed by atoms with Crippen LogP contribution in [0, 0.1) is 0 Å². The molecule has 0 radical (unpaired) electrons. The molecule has 12 heteroatoms. The summed E-state index contributed by atoms with van der Waals surface area (Å²) in [5.41, 5.74) is 0.932. The maximum Gasteiger partial charge on any atom is 0.242 e. The standard InChI is InChI=1S/C24H29Cl4N3O4S/c1-15(2)29-24(33)16(3)30(14-17-7-9-19(26)21(28)12-17)23(32)6-5-11-31(36(4,34)35)22-13-18(25)8-10-20(22)27/h7-10,12-13,15-16H,5-6,11,14H2,1-4H3,(H,29,33)/t16-/m0/s1. The van der Waals surface area contributed by atoms with Gasteiger partial charge in [0.1, 0.15) is 6.04 Å². The number of hydrogen-bond acceptors (Lipinski definition) is 4. The highest BCUT2D eigenvalue weighted by molar-refractivity contribution is 7.92. The first-order chi connectivity index (χ1) is 16.7. The number of rotatable bonds is 11. The SMILES string of the molecule is CC(C)NC(=O)[C@H](C)N(Cc1ccc(Cl)c(Cl)c1)C(=O)CCCN(c1cc(Cl)ccc1Cl)S(C)(=O)=O. The lowest BCUT2D eigenvalue weighted by Crippen LogP contribution is -2.49. The molecule has 198 valence electrons. The van der Waals surface area contributed by atoms with Gasteiger partial charge >= 0.3 is 0 Å². The molecule has 0 unspecified atom stereocenters. The molecule has 7 nitrogen and oxygen atoms in total. The van der Waals surface area contributed by atoms with Crippen LogP contribution in [0.25, 0.3) is 0 Å². The van der Waals surface area contributed by atoms with Crippen LogP contribution in [0.2, 0.25) is 20.1 Å². The van der Waals surface area contributed by atoms with Gasteiger partial charge in [-0.05, 0) is 63.1 Å². The smallest absolute Gasteiger partial charge is 0.242 e. The quantitative estimate of drug-likeness (QED) is 0.356. The first kappa shape index (κ1) is 30.5. The fraction of sp³-hybridized carbons (Fsp3) is 0.417. The van der Waals surface area contributed by atoms with Crippen LogP contribution in [-0.2, 0) is 26.2 Å². The third-order valence-electron chi connectivity index (χ3n) is 5.26. The summed E-state index contributed by atoms with van der Waals surface area (Å²) < 4.78 is 26.0. The van der Waals surface area contributed by atoms with Crippen LogP contribution in [0.5, 0.6) is 0 Å². The highest BCUT2D eigenvalue weighted by Crippen LogP contribution is 2.31. The summed E-state index contributed by atoms with van der Waals surface area (Å²) in [7, 11) is -3.70. The fourth-order valence-corrected chi connectivity index (χ4v) is 5.21. The Kier molecular flexibility index (Phi) is 11.2. The predicted octanol–water partition coefficient (Wildman–Crippen LogP) is 5.79. The van der Waals surface area contributed by atoms with Crippen LogP contribution in [-0.4, -0.2) is 50.0 Å². The van der Waals surface area contributed by atoms with Crippen molar-refractivity contribution in [2.75, 3.05) is 17.1 Å². The van der Waals surface area contributed by atoms with Gasteiger partial charge in [0.15, 0.2) is 0 Å². The molecule has 2 aromatic carbocycles. The van der Waals surface area contributed by atoms with Crippen molar-refractivity contribution in [1.29, 1.82) is 0 Å². The fourth-order valence-electron chi connectivity index (χ4n) is 3.48. The Labute approximate surface area is 232 Å². The lowest BCUT2D eigenvalue weighted by molar-refractivity contribution is -0.140. The van der Waals surface area contributed by atoms with Crippen molar-refractivity contribution in [1.82, 2.24) is 10.2 Å². The van der Waals surface area contributed by atoms with Gasteiger partial charge in [-0.25, -0.2) is 8.42 Å². The lowest BCUT2D eigenvalue weighted by Gasteiger charge is -2.30. The van der Waals surface area contributed by atoms with Gasteiger partial charge in [-0.1, -0.05) is 52.5 Å². The molecule has 0 fully saturated rings. The lowest BCUT2D eigenvalue weighted by atomic mass is 10.1. The minimum Gasteiger partial charge on any atom is -0.352 e. The average molecular weight is 597 g/mol. The van der Waals surface area contributed by atoms with Crippen LogP contribution in [0.1, 0.15) is 39.2 Å². The zero-order valence-electron chi connectivity index (χ0n) is 20.4. The van der Waals surface area contributed by atoms with Crippen molar-refractivity contribution in [2.45, 2.75) is 52.2 Å².